The average Bonchev–Trinajstić information content (AvgIpc) is 3.01. The molecule has 1 unspecified atom stereocenters. The first-order valence-corrected chi connectivity index (χ1v) is 6.99. The first-order valence-electron chi connectivity index (χ1n) is 6.99. The normalized spacial score (nSPS) is 17.9. The highest BCUT2D eigenvalue weighted by Crippen LogP contribution is 2.14. The first kappa shape index (κ1) is 15.7. The molecule has 1 aromatic rings. The minimum Gasteiger partial charge on any atom is -0.383 e. The zero-order chi connectivity index (χ0) is 15.2. The van der Waals surface area contributed by atoms with Crippen molar-refractivity contribution in [2.24, 2.45) is 5.92 Å². The maximum absolute atomic E-state index is 12.0. The summed E-state index contributed by atoms with van der Waals surface area (Å²) in [5.74, 6) is -0.106. The predicted octanol–water partition coefficient (Wildman–Crippen LogP) is -0.0685. The summed E-state index contributed by atoms with van der Waals surface area (Å²) in [4.78, 5) is 25.9. The molecule has 0 N–H and O–H groups in total. The summed E-state index contributed by atoms with van der Waals surface area (Å²) in [5.41, 5.74) is 0.439. The van der Waals surface area contributed by atoms with Crippen LogP contribution in [-0.4, -0.2) is 56.1 Å². The van der Waals surface area contributed by atoms with E-state index < -0.39 is 0 Å². The van der Waals surface area contributed by atoms with E-state index in [1.807, 2.05) is 11.9 Å². The van der Waals surface area contributed by atoms with Gasteiger partial charge in [-0.25, -0.2) is 4.68 Å². The third-order valence-electron chi connectivity index (χ3n) is 3.62. The number of hydrogen-bond donors (Lipinski definition) is 0. The van der Waals surface area contributed by atoms with Crippen LogP contribution in [-0.2, 0) is 20.8 Å². The van der Waals surface area contributed by atoms with E-state index in [4.69, 9.17) is 9.47 Å². The molecule has 1 aliphatic heterocycles. The van der Waals surface area contributed by atoms with Gasteiger partial charge in [0.15, 0.2) is 5.78 Å². The van der Waals surface area contributed by atoms with Crippen LogP contribution in [0.4, 0.5) is 5.69 Å². The van der Waals surface area contributed by atoms with Crippen LogP contribution < -0.4 is 10.5 Å². The first-order chi connectivity index (χ1) is 10.1. The Labute approximate surface area is 123 Å². The largest absolute Gasteiger partial charge is 0.383 e. The van der Waals surface area contributed by atoms with Crippen LogP contribution in [0.1, 0.15) is 6.42 Å². The van der Waals surface area contributed by atoms with Gasteiger partial charge in [0.25, 0.3) is 5.56 Å². The van der Waals surface area contributed by atoms with Gasteiger partial charge in [0, 0.05) is 39.3 Å². The number of carbonyl (C=O) groups excluding carboxylic acids is 1. The number of rotatable bonds is 7. The molecule has 0 aliphatic carbocycles. The summed E-state index contributed by atoms with van der Waals surface area (Å²) in [6, 6.07) is 1.49. The van der Waals surface area contributed by atoms with Gasteiger partial charge in [-0.15, -0.1) is 0 Å². The number of anilines is 1. The SMILES string of the molecule is COCCN(C)c1cnn(CC(=O)C2CCOC2)c(=O)c1. The van der Waals surface area contributed by atoms with E-state index in [0.717, 1.165) is 6.42 Å². The third kappa shape index (κ3) is 4.12. The second kappa shape index (κ2) is 7.33. The number of Topliss-reactive ketones (excluding diaryl/α,β-unsaturated/α-hetero) is 1. The summed E-state index contributed by atoms with van der Waals surface area (Å²) in [6.07, 6.45) is 2.32. The second-order valence-electron chi connectivity index (χ2n) is 5.15. The number of aromatic nitrogens is 2. The van der Waals surface area contributed by atoms with Crippen LogP contribution >= 0.6 is 0 Å². The minimum atomic E-state index is -0.274. The van der Waals surface area contributed by atoms with Gasteiger partial charge in [0.1, 0.15) is 6.54 Å². The van der Waals surface area contributed by atoms with Gasteiger partial charge >= 0.3 is 0 Å². The van der Waals surface area contributed by atoms with E-state index in [1.165, 1.54) is 10.7 Å². The molecule has 2 rings (SSSR count). The molecule has 7 heteroatoms. The maximum Gasteiger partial charge on any atom is 0.269 e. The van der Waals surface area contributed by atoms with Gasteiger partial charge in [-0.2, -0.15) is 5.10 Å². The van der Waals surface area contributed by atoms with Crippen molar-refractivity contribution >= 4 is 11.5 Å². The van der Waals surface area contributed by atoms with E-state index in [-0.39, 0.29) is 23.8 Å². The Hall–Kier alpha value is -1.73. The van der Waals surface area contributed by atoms with E-state index >= 15 is 0 Å². The van der Waals surface area contributed by atoms with E-state index in [9.17, 15) is 9.59 Å². The summed E-state index contributed by atoms with van der Waals surface area (Å²) in [7, 11) is 3.49. The van der Waals surface area contributed by atoms with Crippen molar-refractivity contribution in [2.75, 3.05) is 45.4 Å². The van der Waals surface area contributed by atoms with Gasteiger partial charge in [0.2, 0.25) is 0 Å². The number of hydrogen-bond acceptors (Lipinski definition) is 6. The van der Waals surface area contributed by atoms with Crippen molar-refractivity contribution in [2.45, 2.75) is 13.0 Å². The zero-order valence-electron chi connectivity index (χ0n) is 12.4. The Kier molecular flexibility index (Phi) is 5.46. The van der Waals surface area contributed by atoms with E-state index in [0.29, 0.717) is 32.1 Å². The Morgan fingerprint density at radius 2 is 2.43 bits per heavy atom. The van der Waals surface area contributed by atoms with E-state index in [1.54, 1.807) is 13.3 Å². The Morgan fingerprint density at radius 1 is 1.62 bits per heavy atom. The fraction of sp³-hybridized carbons (Fsp3) is 0.643. The maximum atomic E-state index is 12.0. The van der Waals surface area contributed by atoms with Crippen molar-refractivity contribution in [1.29, 1.82) is 0 Å². The lowest BCUT2D eigenvalue weighted by molar-refractivity contribution is -0.123. The lowest BCUT2D eigenvalue weighted by Crippen LogP contribution is -2.31. The summed E-state index contributed by atoms with van der Waals surface area (Å²) in [5, 5.41) is 4.08. The van der Waals surface area contributed by atoms with Crippen molar-refractivity contribution in [3.8, 4) is 0 Å². The molecule has 1 saturated heterocycles. The standard InChI is InChI=1S/C14H21N3O4/c1-16(4-6-20-2)12-7-14(19)17(15-8-12)9-13(18)11-3-5-21-10-11/h7-8,11H,3-6,9-10H2,1-2H3. The van der Waals surface area contributed by atoms with Gasteiger partial charge in [-0.05, 0) is 6.42 Å². The molecule has 116 valence electrons. The van der Waals surface area contributed by atoms with Crippen LogP contribution in [0, 0.1) is 5.92 Å². The lowest BCUT2D eigenvalue weighted by atomic mass is 10.0. The topological polar surface area (TPSA) is 73.7 Å². The van der Waals surface area contributed by atoms with Gasteiger partial charge in [-0.3, -0.25) is 9.59 Å². The molecule has 0 saturated carbocycles. The van der Waals surface area contributed by atoms with Gasteiger partial charge in [0.05, 0.1) is 25.1 Å². The highest BCUT2D eigenvalue weighted by molar-refractivity contribution is 5.81. The quantitative estimate of drug-likeness (QED) is 0.701. The van der Waals surface area contributed by atoms with Crippen LogP contribution in [0.25, 0.3) is 0 Å². The van der Waals surface area contributed by atoms with Gasteiger partial charge in [-0.1, -0.05) is 0 Å². The zero-order valence-corrected chi connectivity index (χ0v) is 12.4. The predicted molar refractivity (Wildman–Crippen MR) is 77.6 cm³/mol. The van der Waals surface area contributed by atoms with E-state index in [2.05, 4.69) is 5.10 Å². The highest BCUT2D eigenvalue weighted by Gasteiger charge is 2.24. The molecule has 1 atom stereocenters. The van der Waals surface area contributed by atoms with Crippen molar-refractivity contribution in [1.82, 2.24) is 9.78 Å². The molecule has 0 bridgehead atoms. The molecule has 21 heavy (non-hydrogen) atoms. The average molecular weight is 295 g/mol. The molecular formula is C14H21N3O4. The molecule has 0 radical (unpaired) electrons. The lowest BCUT2D eigenvalue weighted by Gasteiger charge is -2.18. The Bertz CT molecular complexity index is 537. The molecule has 1 aliphatic rings. The van der Waals surface area contributed by atoms with Crippen LogP contribution in [0.2, 0.25) is 0 Å². The second-order valence-corrected chi connectivity index (χ2v) is 5.15. The molecule has 0 amide bonds. The monoisotopic (exact) mass is 295 g/mol. The van der Waals surface area contributed by atoms with Gasteiger partial charge < -0.3 is 14.4 Å². The third-order valence-corrected chi connectivity index (χ3v) is 3.62. The molecule has 1 fully saturated rings. The molecule has 0 spiro atoms. The molecule has 1 aromatic heterocycles. The van der Waals surface area contributed by atoms with Crippen LogP contribution in [0.3, 0.4) is 0 Å². The number of ketones is 1. The fourth-order valence-corrected chi connectivity index (χ4v) is 2.17. The number of carbonyl (C=O) groups is 1. The summed E-state index contributed by atoms with van der Waals surface area (Å²) < 4.78 is 11.4. The smallest absolute Gasteiger partial charge is 0.269 e. The van der Waals surface area contributed by atoms with Crippen LogP contribution in [0.5, 0.6) is 0 Å². The number of ether oxygens (including phenoxy) is 2. The fourth-order valence-electron chi connectivity index (χ4n) is 2.17. The summed E-state index contributed by atoms with van der Waals surface area (Å²) in [6.45, 7) is 2.31. The number of nitrogens with zero attached hydrogens (tertiary/aromatic N) is 3. The molecule has 2 heterocycles. The van der Waals surface area contributed by atoms with Crippen molar-refractivity contribution in [3.63, 3.8) is 0 Å². The minimum absolute atomic E-state index is 0.00240. The molecule has 7 nitrogen and oxygen atoms in total. The molecule has 0 aromatic carbocycles. The van der Waals surface area contributed by atoms with Crippen molar-refractivity contribution < 1.29 is 14.3 Å². The summed E-state index contributed by atoms with van der Waals surface area (Å²) >= 11 is 0. The van der Waals surface area contributed by atoms with Crippen LogP contribution in [0.15, 0.2) is 17.1 Å². The molecular weight excluding hydrogens is 274 g/mol. The highest BCUT2D eigenvalue weighted by atomic mass is 16.5. The number of methoxy groups -OCH3 is 1. The Morgan fingerprint density at radius 3 is 3.05 bits per heavy atom. The Balaban J connectivity index is 2.01. The number of likely N-dealkylation sites (N-methyl/N-ethyl adjacent to an activating group) is 1. The van der Waals surface area contributed by atoms with Crippen molar-refractivity contribution in [3.05, 3.63) is 22.6 Å².